The van der Waals surface area contributed by atoms with E-state index >= 15 is 0 Å². The predicted octanol–water partition coefficient (Wildman–Crippen LogP) is 2.02. The van der Waals surface area contributed by atoms with Crippen molar-refractivity contribution in [2.45, 2.75) is 32.3 Å². The van der Waals surface area contributed by atoms with Crippen LogP contribution in [0.15, 0.2) is 47.6 Å². The van der Waals surface area contributed by atoms with E-state index in [1.807, 2.05) is 31.2 Å². The predicted molar refractivity (Wildman–Crippen MR) is 131 cm³/mol. The van der Waals surface area contributed by atoms with Crippen LogP contribution in [0.1, 0.15) is 30.9 Å². The minimum absolute atomic E-state index is 0.0540. The molecule has 0 saturated carbocycles. The number of nitrogens with one attached hydrogen (secondary N) is 3. The zero-order chi connectivity index (χ0) is 25.0. The second-order valence-electron chi connectivity index (χ2n) is 7.80. The summed E-state index contributed by atoms with van der Waals surface area (Å²) in [6.07, 6.45) is 3.92. The summed E-state index contributed by atoms with van der Waals surface area (Å²) in [6.45, 7) is 2.78. The number of amides is 3. The number of carbonyl (C=O) groups is 3. The zero-order valence-corrected chi connectivity index (χ0v) is 19.8. The van der Waals surface area contributed by atoms with Crippen molar-refractivity contribution >= 4 is 29.6 Å². The maximum atomic E-state index is 12.3. The highest BCUT2D eigenvalue weighted by Crippen LogP contribution is 2.27. The van der Waals surface area contributed by atoms with Crippen LogP contribution in [0.25, 0.3) is 0 Å². The standard InChI is InChI=1S/C25H30N4O6/c1-3-18-7-4-5-9-20(18)28-23(30)16-35-21-11-10-17(13-22(21)33-2)14-27-29-25(32)24(31)26-15-19-8-6-12-34-19/h4-5,7,9-11,13-14,19H,3,6,8,12,15-16H2,1-2H3,(H,26,31)(H,28,30)(H,29,32)/b27-14-/t19-/m0/s1. The van der Waals surface area contributed by atoms with Gasteiger partial charge in [0.15, 0.2) is 18.1 Å². The molecular weight excluding hydrogens is 452 g/mol. The van der Waals surface area contributed by atoms with Gasteiger partial charge in [0.1, 0.15) is 0 Å². The Morgan fingerprint density at radius 2 is 1.97 bits per heavy atom. The van der Waals surface area contributed by atoms with Gasteiger partial charge in [0.25, 0.3) is 5.91 Å². The van der Waals surface area contributed by atoms with Gasteiger partial charge in [0.2, 0.25) is 0 Å². The van der Waals surface area contributed by atoms with Crippen LogP contribution in [-0.4, -0.2) is 56.9 Å². The molecule has 3 amide bonds. The number of benzene rings is 2. The molecule has 0 spiro atoms. The largest absolute Gasteiger partial charge is 0.493 e. The first kappa shape index (κ1) is 25.7. The highest BCUT2D eigenvalue weighted by atomic mass is 16.5. The minimum atomic E-state index is -0.873. The van der Waals surface area contributed by atoms with Crippen molar-refractivity contribution in [2.24, 2.45) is 5.10 Å². The molecule has 1 aliphatic rings. The third kappa shape index (κ3) is 7.82. The molecule has 186 valence electrons. The molecule has 1 aliphatic heterocycles. The summed E-state index contributed by atoms with van der Waals surface area (Å²) >= 11 is 0. The normalized spacial score (nSPS) is 15.0. The summed E-state index contributed by atoms with van der Waals surface area (Å²) in [5.41, 5.74) is 4.57. The van der Waals surface area contributed by atoms with Crippen molar-refractivity contribution in [3.05, 3.63) is 53.6 Å². The minimum Gasteiger partial charge on any atom is -0.493 e. The number of carbonyl (C=O) groups excluding carboxylic acids is 3. The number of hydrogen-bond donors (Lipinski definition) is 3. The summed E-state index contributed by atoms with van der Waals surface area (Å²) < 4.78 is 16.4. The Kier molecular flexibility index (Phi) is 9.61. The molecule has 10 nitrogen and oxygen atoms in total. The van der Waals surface area contributed by atoms with E-state index in [2.05, 4.69) is 21.2 Å². The zero-order valence-electron chi connectivity index (χ0n) is 19.8. The van der Waals surface area contributed by atoms with Crippen LogP contribution in [0.5, 0.6) is 11.5 Å². The van der Waals surface area contributed by atoms with Crippen LogP contribution in [0.2, 0.25) is 0 Å². The molecule has 10 heteroatoms. The number of aryl methyl sites for hydroxylation is 1. The lowest BCUT2D eigenvalue weighted by molar-refractivity contribution is -0.139. The molecule has 35 heavy (non-hydrogen) atoms. The molecule has 2 aromatic rings. The van der Waals surface area contributed by atoms with Crippen molar-refractivity contribution in [3.63, 3.8) is 0 Å². The first-order valence-electron chi connectivity index (χ1n) is 11.4. The second kappa shape index (κ2) is 13.1. The Morgan fingerprint density at radius 1 is 1.14 bits per heavy atom. The summed E-state index contributed by atoms with van der Waals surface area (Å²) in [6, 6.07) is 12.5. The fraction of sp³-hybridized carbons (Fsp3) is 0.360. The van der Waals surface area contributed by atoms with Gasteiger partial charge in [-0.2, -0.15) is 5.10 Å². The first-order chi connectivity index (χ1) is 17.0. The number of methoxy groups -OCH3 is 1. The van der Waals surface area contributed by atoms with Crippen LogP contribution >= 0.6 is 0 Å². The topological polar surface area (TPSA) is 127 Å². The van der Waals surface area contributed by atoms with Gasteiger partial charge in [-0.05, 0) is 54.7 Å². The summed E-state index contributed by atoms with van der Waals surface area (Å²) in [4.78, 5) is 36.0. The van der Waals surface area contributed by atoms with E-state index in [9.17, 15) is 14.4 Å². The van der Waals surface area contributed by atoms with E-state index in [4.69, 9.17) is 14.2 Å². The van der Waals surface area contributed by atoms with Gasteiger partial charge in [-0.1, -0.05) is 25.1 Å². The molecule has 0 radical (unpaired) electrons. The third-order valence-corrected chi connectivity index (χ3v) is 5.32. The Balaban J connectivity index is 1.48. The van der Waals surface area contributed by atoms with Gasteiger partial charge in [-0.3, -0.25) is 14.4 Å². The number of hydrogen-bond acceptors (Lipinski definition) is 7. The summed E-state index contributed by atoms with van der Waals surface area (Å²) in [5, 5.41) is 9.18. The van der Waals surface area contributed by atoms with Gasteiger partial charge in [0.05, 0.1) is 19.4 Å². The Bertz CT molecular complexity index is 1070. The van der Waals surface area contributed by atoms with Gasteiger partial charge in [-0.25, -0.2) is 5.43 Å². The molecule has 1 fully saturated rings. The number of anilines is 1. The van der Waals surface area contributed by atoms with Crippen LogP contribution in [0.4, 0.5) is 5.69 Å². The Labute approximate surface area is 204 Å². The Hall–Kier alpha value is -3.92. The van der Waals surface area contributed by atoms with E-state index in [0.717, 1.165) is 30.5 Å². The van der Waals surface area contributed by atoms with Crippen LogP contribution in [0.3, 0.4) is 0 Å². The first-order valence-corrected chi connectivity index (χ1v) is 11.4. The highest BCUT2D eigenvalue weighted by molar-refractivity contribution is 6.35. The number of hydrazone groups is 1. The highest BCUT2D eigenvalue weighted by Gasteiger charge is 2.19. The van der Waals surface area contributed by atoms with Gasteiger partial charge >= 0.3 is 11.8 Å². The lowest BCUT2D eigenvalue weighted by Gasteiger charge is -2.13. The van der Waals surface area contributed by atoms with E-state index in [1.54, 1.807) is 18.2 Å². The smallest absolute Gasteiger partial charge is 0.329 e. The number of ether oxygens (including phenoxy) is 3. The molecule has 0 aromatic heterocycles. The monoisotopic (exact) mass is 482 g/mol. The molecule has 0 unspecified atom stereocenters. The van der Waals surface area contributed by atoms with Crippen LogP contribution in [-0.2, 0) is 25.5 Å². The molecular formula is C25H30N4O6. The lowest BCUT2D eigenvalue weighted by Crippen LogP contribution is -2.41. The average Bonchev–Trinajstić information content (AvgIpc) is 3.40. The third-order valence-electron chi connectivity index (χ3n) is 5.32. The molecule has 1 heterocycles. The lowest BCUT2D eigenvalue weighted by atomic mass is 10.1. The van der Waals surface area contributed by atoms with Crippen molar-refractivity contribution in [1.29, 1.82) is 0 Å². The van der Waals surface area contributed by atoms with Crippen molar-refractivity contribution in [3.8, 4) is 11.5 Å². The number of nitrogens with zero attached hydrogens (tertiary/aromatic N) is 1. The average molecular weight is 483 g/mol. The maximum Gasteiger partial charge on any atom is 0.329 e. The fourth-order valence-corrected chi connectivity index (χ4v) is 3.47. The van der Waals surface area contributed by atoms with Gasteiger partial charge in [-0.15, -0.1) is 0 Å². The van der Waals surface area contributed by atoms with E-state index in [-0.39, 0.29) is 25.2 Å². The maximum absolute atomic E-state index is 12.3. The van der Waals surface area contributed by atoms with Crippen molar-refractivity contribution in [2.75, 3.05) is 32.2 Å². The molecule has 0 aliphatic carbocycles. The molecule has 3 rings (SSSR count). The van der Waals surface area contributed by atoms with E-state index < -0.39 is 11.8 Å². The van der Waals surface area contributed by atoms with Gasteiger partial charge in [0, 0.05) is 18.8 Å². The molecule has 2 aromatic carbocycles. The molecule has 3 N–H and O–H groups in total. The van der Waals surface area contributed by atoms with Gasteiger partial charge < -0.3 is 24.8 Å². The molecule has 1 atom stereocenters. The number of para-hydroxylation sites is 1. The fourth-order valence-electron chi connectivity index (χ4n) is 3.47. The quantitative estimate of drug-likeness (QED) is 0.270. The van der Waals surface area contributed by atoms with Crippen molar-refractivity contribution < 1.29 is 28.6 Å². The second-order valence-corrected chi connectivity index (χ2v) is 7.80. The summed E-state index contributed by atoms with van der Waals surface area (Å²) in [5.74, 6) is -1.18. The van der Waals surface area contributed by atoms with Crippen LogP contribution < -0.4 is 25.5 Å². The molecule has 1 saturated heterocycles. The van der Waals surface area contributed by atoms with E-state index in [0.29, 0.717) is 23.7 Å². The van der Waals surface area contributed by atoms with Crippen molar-refractivity contribution in [1.82, 2.24) is 10.7 Å². The summed E-state index contributed by atoms with van der Waals surface area (Å²) in [7, 11) is 1.47. The van der Waals surface area contributed by atoms with Crippen LogP contribution in [0, 0.1) is 0 Å². The number of rotatable bonds is 10. The van der Waals surface area contributed by atoms with E-state index in [1.165, 1.54) is 13.3 Å². The Morgan fingerprint density at radius 3 is 2.71 bits per heavy atom. The SMILES string of the molecule is CCc1ccccc1NC(=O)COc1ccc(/C=N\NC(=O)C(=O)NC[C@@H]2CCCO2)cc1OC. The molecule has 0 bridgehead atoms.